The molecule has 2 N–H and O–H groups in total. The molecule has 0 aliphatic heterocycles. The van der Waals surface area contributed by atoms with E-state index in [1.807, 2.05) is 5.32 Å². The summed E-state index contributed by atoms with van der Waals surface area (Å²) in [6.45, 7) is 2.14. The average Bonchev–Trinajstić information content (AvgIpc) is 2.53. The molecule has 0 atom stereocenters. The van der Waals surface area contributed by atoms with Gasteiger partial charge in [-0.05, 0) is 31.2 Å². The predicted molar refractivity (Wildman–Crippen MR) is 81.2 cm³/mol. The fraction of sp³-hybridized carbons (Fsp3) is 0.125. The van der Waals surface area contributed by atoms with Crippen molar-refractivity contribution in [3.05, 3.63) is 54.1 Å². The largest absolute Gasteiger partial charge is 0.492 e. The van der Waals surface area contributed by atoms with Gasteiger partial charge in [0.05, 0.1) is 12.3 Å². The van der Waals surface area contributed by atoms with Gasteiger partial charge in [0.1, 0.15) is 23.1 Å². The van der Waals surface area contributed by atoms with E-state index in [9.17, 15) is 18.4 Å². The lowest BCUT2D eigenvalue weighted by atomic mass is 10.2. The molecule has 2 aromatic carbocycles. The van der Waals surface area contributed by atoms with E-state index >= 15 is 0 Å². The number of hydrogen-bond acceptors (Lipinski definition) is 3. The molecule has 0 heterocycles. The summed E-state index contributed by atoms with van der Waals surface area (Å²) in [5, 5.41) is 4.24. The number of carbonyl (C=O) groups is 2. The van der Waals surface area contributed by atoms with E-state index in [1.165, 1.54) is 0 Å². The maximum atomic E-state index is 13.5. The molecule has 0 aromatic heterocycles. The van der Waals surface area contributed by atoms with Crippen LogP contribution in [0.3, 0.4) is 0 Å². The Kier molecular flexibility index (Phi) is 5.24. The molecule has 0 fully saturated rings. The van der Waals surface area contributed by atoms with Gasteiger partial charge in [-0.15, -0.1) is 0 Å². The summed E-state index contributed by atoms with van der Waals surface area (Å²) >= 11 is 0. The lowest BCUT2D eigenvalue weighted by molar-refractivity contribution is -0.133. The molecule has 0 aliphatic rings. The van der Waals surface area contributed by atoms with E-state index in [2.05, 4.69) is 5.32 Å². The summed E-state index contributed by atoms with van der Waals surface area (Å²) in [4.78, 5) is 23.7. The van der Waals surface area contributed by atoms with Crippen LogP contribution in [0.5, 0.6) is 5.75 Å². The fourth-order valence-electron chi connectivity index (χ4n) is 1.82. The molecule has 120 valence electrons. The van der Waals surface area contributed by atoms with Crippen LogP contribution in [0, 0.1) is 11.6 Å². The van der Waals surface area contributed by atoms with Crippen LogP contribution in [0.25, 0.3) is 0 Å². The lowest BCUT2D eigenvalue weighted by Gasteiger charge is -2.11. The number of rotatable bonds is 4. The Hall–Kier alpha value is -2.96. The van der Waals surface area contributed by atoms with Gasteiger partial charge in [0.25, 0.3) is 0 Å². The van der Waals surface area contributed by atoms with Gasteiger partial charge in [0, 0.05) is 0 Å². The molecule has 0 unspecified atom stereocenters. The van der Waals surface area contributed by atoms with Crippen molar-refractivity contribution in [3.8, 4) is 5.75 Å². The molecule has 0 saturated carbocycles. The highest BCUT2D eigenvalue weighted by Crippen LogP contribution is 2.24. The number of ether oxygens (including phenoxy) is 1. The first-order valence-corrected chi connectivity index (χ1v) is 6.81. The maximum Gasteiger partial charge on any atom is 0.314 e. The second-order valence-corrected chi connectivity index (χ2v) is 4.43. The predicted octanol–water partition coefficient (Wildman–Crippen LogP) is 2.94. The molecular formula is C16H14F2N2O3. The molecule has 0 aliphatic carbocycles. The highest BCUT2D eigenvalue weighted by atomic mass is 19.1. The minimum absolute atomic E-state index is 0.281. The van der Waals surface area contributed by atoms with Crippen molar-refractivity contribution in [2.45, 2.75) is 6.92 Å². The van der Waals surface area contributed by atoms with Gasteiger partial charge in [-0.25, -0.2) is 8.78 Å². The first-order valence-electron chi connectivity index (χ1n) is 6.81. The van der Waals surface area contributed by atoms with Crippen LogP contribution in [0.4, 0.5) is 20.2 Å². The van der Waals surface area contributed by atoms with Gasteiger partial charge in [0.2, 0.25) is 0 Å². The Bertz CT molecular complexity index is 715. The van der Waals surface area contributed by atoms with Crippen LogP contribution < -0.4 is 15.4 Å². The van der Waals surface area contributed by atoms with Crippen molar-refractivity contribution in [2.75, 3.05) is 17.2 Å². The third kappa shape index (κ3) is 4.03. The van der Waals surface area contributed by atoms with Crippen molar-refractivity contribution in [1.29, 1.82) is 0 Å². The molecule has 0 bridgehead atoms. The summed E-state index contributed by atoms with van der Waals surface area (Å²) in [5.41, 5.74) is -0.394. The van der Waals surface area contributed by atoms with Gasteiger partial charge in [-0.2, -0.15) is 0 Å². The average molecular weight is 320 g/mol. The number of hydrogen-bond donors (Lipinski definition) is 2. The molecule has 5 nitrogen and oxygen atoms in total. The van der Waals surface area contributed by atoms with Gasteiger partial charge in [0.15, 0.2) is 0 Å². The highest BCUT2D eigenvalue weighted by Gasteiger charge is 2.19. The zero-order chi connectivity index (χ0) is 16.8. The molecule has 0 radical (unpaired) electrons. The van der Waals surface area contributed by atoms with Gasteiger partial charge in [-0.1, -0.05) is 18.2 Å². The first-order chi connectivity index (χ1) is 11.0. The Morgan fingerprint density at radius 1 is 0.957 bits per heavy atom. The Morgan fingerprint density at radius 2 is 1.57 bits per heavy atom. The highest BCUT2D eigenvalue weighted by molar-refractivity contribution is 6.43. The second kappa shape index (κ2) is 7.35. The van der Waals surface area contributed by atoms with Crippen LogP contribution >= 0.6 is 0 Å². The smallest absolute Gasteiger partial charge is 0.314 e. The van der Waals surface area contributed by atoms with E-state index in [-0.39, 0.29) is 5.69 Å². The zero-order valence-electron chi connectivity index (χ0n) is 12.2. The second-order valence-electron chi connectivity index (χ2n) is 4.43. The van der Waals surface area contributed by atoms with Crippen LogP contribution in [-0.4, -0.2) is 18.4 Å². The van der Waals surface area contributed by atoms with Crippen molar-refractivity contribution in [1.82, 2.24) is 0 Å². The van der Waals surface area contributed by atoms with Crippen molar-refractivity contribution < 1.29 is 23.1 Å². The lowest BCUT2D eigenvalue weighted by Crippen LogP contribution is -2.30. The Labute approximate surface area is 131 Å². The summed E-state index contributed by atoms with van der Waals surface area (Å²) in [6, 6.07) is 9.61. The first kappa shape index (κ1) is 16.4. The molecule has 0 spiro atoms. The molecule has 2 amide bonds. The minimum Gasteiger partial charge on any atom is -0.492 e. The quantitative estimate of drug-likeness (QED) is 0.851. The number of halogens is 2. The van der Waals surface area contributed by atoms with E-state index in [4.69, 9.17) is 4.74 Å². The van der Waals surface area contributed by atoms with Crippen molar-refractivity contribution in [3.63, 3.8) is 0 Å². The van der Waals surface area contributed by atoms with Crippen LogP contribution in [0.2, 0.25) is 0 Å². The number of anilines is 2. The molecular weight excluding hydrogens is 306 g/mol. The number of para-hydroxylation sites is 3. The minimum atomic E-state index is -1.19. The third-order valence-electron chi connectivity index (χ3n) is 2.84. The van der Waals surface area contributed by atoms with Crippen LogP contribution in [0.15, 0.2) is 42.5 Å². The van der Waals surface area contributed by atoms with E-state index in [0.29, 0.717) is 12.4 Å². The summed E-state index contributed by atoms with van der Waals surface area (Å²) in [5.74, 6) is -3.82. The Morgan fingerprint density at radius 3 is 2.22 bits per heavy atom. The normalized spacial score (nSPS) is 10.0. The van der Waals surface area contributed by atoms with E-state index in [1.54, 1.807) is 31.2 Å². The SMILES string of the molecule is CCOc1ccccc1NC(=O)C(=O)Nc1c(F)cccc1F. The van der Waals surface area contributed by atoms with Crippen molar-refractivity contribution in [2.24, 2.45) is 0 Å². The van der Waals surface area contributed by atoms with E-state index in [0.717, 1.165) is 18.2 Å². The van der Waals surface area contributed by atoms with Crippen LogP contribution in [0.1, 0.15) is 6.92 Å². The number of nitrogens with one attached hydrogen (secondary N) is 2. The summed E-state index contributed by atoms with van der Waals surface area (Å²) in [6.07, 6.45) is 0. The molecule has 7 heteroatoms. The molecule has 23 heavy (non-hydrogen) atoms. The number of amides is 2. The molecule has 2 rings (SSSR count). The van der Waals surface area contributed by atoms with Gasteiger partial charge in [-0.3, -0.25) is 9.59 Å². The number of benzene rings is 2. The zero-order valence-corrected chi connectivity index (χ0v) is 12.2. The topological polar surface area (TPSA) is 67.4 Å². The van der Waals surface area contributed by atoms with E-state index < -0.39 is 29.1 Å². The summed E-state index contributed by atoms with van der Waals surface area (Å²) in [7, 11) is 0. The third-order valence-corrected chi connectivity index (χ3v) is 2.84. The van der Waals surface area contributed by atoms with Crippen molar-refractivity contribution >= 4 is 23.2 Å². The molecule has 0 saturated heterocycles. The standard InChI is InChI=1S/C16H14F2N2O3/c1-2-23-13-9-4-3-8-12(13)19-15(21)16(22)20-14-10(17)6-5-7-11(14)18/h3-9H,2H2,1H3,(H,19,21)(H,20,22). The summed E-state index contributed by atoms with van der Waals surface area (Å²) < 4.78 is 32.2. The fourth-order valence-corrected chi connectivity index (χ4v) is 1.82. The van der Waals surface area contributed by atoms with Crippen LogP contribution in [-0.2, 0) is 9.59 Å². The molecule has 2 aromatic rings. The van der Waals surface area contributed by atoms with Gasteiger partial charge < -0.3 is 15.4 Å². The van der Waals surface area contributed by atoms with Gasteiger partial charge >= 0.3 is 11.8 Å². The number of carbonyl (C=O) groups excluding carboxylic acids is 2. The Balaban J connectivity index is 2.11. The maximum absolute atomic E-state index is 13.5. The monoisotopic (exact) mass is 320 g/mol.